The molecule has 0 aromatic rings. The summed E-state index contributed by atoms with van der Waals surface area (Å²) in [7, 11) is 1.47. The number of phosphoric acid groups is 1. The highest BCUT2D eigenvalue weighted by Gasteiger charge is 2.27. The summed E-state index contributed by atoms with van der Waals surface area (Å²) in [6, 6.07) is 0. The maximum Gasteiger partial charge on any atom is 0.472 e. The van der Waals surface area contributed by atoms with Crippen LogP contribution in [0.5, 0.6) is 0 Å². The molecule has 2 atom stereocenters. The maximum absolute atomic E-state index is 12.7. The van der Waals surface area contributed by atoms with Crippen LogP contribution in [-0.4, -0.2) is 74.9 Å². The molecule has 0 saturated carbocycles. The number of rotatable bonds is 39. The topological polar surface area (TPSA) is 108 Å². The van der Waals surface area contributed by atoms with Crippen LogP contribution >= 0.6 is 7.82 Å². The van der Waals surface area contributed by atoms with E-state index in [0.717, 1.165) is 57.8 Å². The molecule has 10 heteroatoms. The van der Waals surface area contributed by atoms with Crippen molar-refractivity contribution in [1.29, 1.82) is 0 Å². The highest BCUT2D eigenvalue weighted by atomic mass is 31.2. The zero-order chi connectivity index (χ0) is 39.3. The van der Waals surface area contributed by atoms with Gasteiger partial charge in [-0.2, -0.15) is 0 Å². The monoisotopic (exact) mass is 773 g/mol. The van der Waals surface area contributed by atoms with Gasteiger partial charge < -0.3 is 18.9 Å². The van der Waals surface area contributed by atoms with E-state index in [-0.39, 0.29) is 32.0 Å². The van der Waals surface area contributed by atoms with Crippen LogP contribution in [0.15, 0.2) is 24.3 Å². The molecule has 0 aliphatic rings. The van der Waals surface area contributed by atoms with Crippen molar-refractivity contribution < 1.29 is 42.1 Å². The minimum atomic E-state index is -4.37. The Labute approximate surface area is 326 Å². The molecule has 0 aromatic carbocycles. The summed E-state index contributed by atoms with van der Waals surface area (Å²) < 4.78 is 34.3. The van der Waals surface area contributed by atoms with Gasteiger partial charge >= 0.3 is 19.8 Å². The van der Waals surface area contributed by atoms with Crippen LogP contribution in [0.25, 0.3) is 0 Å². The average molecular weight is 773 g/mol. The molecular weight excluding hydrogens is 689 g/mol. The van der Waals surface area contributed by atoms with Gasteiger partial charge in [0.05, 0.1) is 27.7 Å². The molecule has 0 aliphatic heterocycles. The normalized spacial score (nSPS) is 13.8. The van der Waals surface area contributed by atoms with Gasteiger partial charge in [0, 0.05) is 12.8 Å². The number of nitrogens with zero attached hydrogens (tertiary/aromatic N) is 1. The number of ether oxygens (including phenoxy) is 2. The summed E-state index contributed by atoms with van der Waals surface area (Å²) in [6.07, 6.45) is 37.9. The zero-order valence-corrected chi connectivity index (χ0v) is 35.9. The number of esters is 2. The number of hydrogen-bond acceptors (Lipinski definition) is 7. The molecule has 0 aliphatic carbocycles. The van der Waals surface area contributed by atoms with Crippen LogP contribution in [0.1, 0.15) is 187 Å². The maximum atomic E-state index is 12.7. The number of carbonyl (C=O) groups excluding carboxylic acids is 2. The van der Waals surface area contributed by atoms with Crippen LogP contribution in [0.3, 0.4) is 0 Å². The number of phosphoric ester groups is 1. The lowest BCUT2D eigenvalue weighted by molar-refractivity contribution is -0.870. The molecule has 9 nitrogen and oxygen atoms in total. The molecule has 53 heavy (non-hydrogen) atoms. The van der Waals surface area contributed by atoms with Gasteiger partial charge in [0.2, 0.25) is 0 Å². The lowest BCUT2D eigenvalue weighted by atomic mass is 10.0. The van der Waals surface area contributed by atoms with Gasteiger partial charge in [-0.1, -0.05) is 160 Å². The van der Waals surface area contributed by atoms with Gasteiger partial charge in [-0.15, -0.1) is 0 Å². The highest BCUT2D eigenvalue weighted by Crippen LogP contribution is 2.43. The van der Waals surface area contributed by atoms with Crippen molar-refractivity contribution in [3.8, 4) is 0 Å². The Morgan fingerprint density at radius 1 is 0.585 bits per heavy atom. The molecule has 0 amide bonds. The van der Waals surface area contributed by atoms with Crippen molar-refractivity contribution in [2.75, 3.05) is 47.5 Å². The third kappa shape index (κ3) is 40.0. The smallest absolute Gasteiger partial charge is 0.462 e. The number of quaternary nitrogens is 1. The fraction of sp³-hybridized carbons (Fsp3) is 0.860. The second-order valence-electron chi connectivity index (χ2n) is 15.7. The minimum Gasteiger partial charge on any atom is -0.462 e. The van der Waals surface area contributed by atoms with Crippen molar-refractivity contribution in [3.05, 3.63) is 24.3 Å². The summed E-state index contributed by atoms with van der Waals surface area (Å²) in [5.74, 6) is -0.809. The Morgan fingerprint density at radius 3 is 1.55 bits per heavy atom. The lowest BCUT2D eigenvalue weighted by Gasteiger charge is -2.24. The highest BCUT2D eigenvalue weighted by molar-refractivity contribution is 7.47. The Hall–Kier alpha value is -1.51. The van der Waals surface area contributed by atoms with Crippen LogP contribution < -0.4 is 0 Å². The Bertz CT molecular complexity index is 964. The Morgan fingerprint density at radius 2 is 1.04 bits per heavy atom. The molecule has 0 rings (SSSR count). The van der Waals surface area contributed by atoms with E-state index in [9.17, 15) is 19.0 Å². The molecule has 0 spiro atoms. The van der Waals surface area contributed by atoms with Crippen LogP contribution in [-0.2, 0) is 32.7 Å². The largest absolute Gasteiger partial charge is 0.472 e. The molecular formula is C43H83NO8P+. The second-order valence-corrected chi connectivity index (χ2v) is 17.2. The van der Waals surface area contributed by atoms with Gasteiger partial charge in [-0.25, -0.2) is 4.57 Å². The van der Waals surface area contributed by atoms with E-state index in [1.54, 1.807) is 0 Å². The number of carbonyl (C=O) groups is 2. The van der Waals surface area contributed by atoms with E-state index < -0.39 is 26.5 Å². The van der Waals surface area contributed by atoms with E-state index >= 15 is 0 Å². The van der Waals surface area contributed by atoms with Crippen molar-refractivity contribution in [2.45, 2.75) is 193 Å². The zero-order valence-electron chi connectivity index (χ0n) is 35.0. The first-order chi connectivity index (χ1) is 25.5. The van der Waals surface area contributed by atoms with E-state index in [1.165, 1.54) is 96.3 Å². The second kappa shape index (κ2) is 36.1. The average Bonchev–Trinajstić information content (AvgIpc) is 3.10. The predicted octanol–water partition coefficient (Wildman–Crippen LogP) is 12.0. The standard InChI is InChI=1S/C43H82NO8P/c1-6-8-10-12-14-16-18-20-22-24-26-28-30-32-34-36-43(46)52-41(40-51-53(47,48)50-38-37-44(3,4)5)39-49-42(45)35-33-31-29-27-25-23-21-19-17-15-13-11-9-7-2/h13,15,19,21,41H,6-12,14,16-18,20,22-40H2,1-5H3/p+1/b15-13+,21-19+/t41-/m1/s1. The summed E-state index contributed by atoms with van der Waals surface area (Å²) in [5.41, 5.74) is 0. The van der Waals surface area contributed by atoms with Gasteiger partial charge in [-0.3, -0.25) is 18.6 Å². The summed E-state index contributed by atoms with van der Waals surface area (Å²) >= 11 is 0. The van der Waals surface area contributed by atoms with Gasteiger partial charge in [-0.05, 0) is 38.5 Å². The molecule has 0 saturated heterocycles. The van der Waals surface area contributed by atoms with Crippen LogP contribution in [0.4, 0.5) is 0 Å². The molecule has 0 radical (unpaired) electrons. The summed E-state index contributed by atoms with van der Waals surface area (Å²) in [5, 5.41) is 0. The van der Waals surface area contributed by atoms with E-state index in [2.05, 4.69) is 38.2 Å². The first-order valence-corrected chi connectivity index (χ1v) is 23.1. The van der Waals surface area contributed by atoms with Crippen molar-refractivity contribution in [2.24, 2.45) is 0 Å². The van der Waals surface area contributed by atoms with E-state index in [1.807, 2.05) is 21.1 Å². The number of unbranched alkanes of at least 4 members (excludes halogenated alkanes) is 21. The Kier molecular flexibility index (Phi) is 35.1. The molecule has 1 unspecified atom stereocenters. The first kappa shape index (κ1) is 51.5. The third-order valence-electron chi connectivity index (χ3n) is 9.23. The molecule has 0 heterocycles. The van der Waals surface area contributed by atoms with Crippen LogP contribution in [0.2, 0.25) is 0 Å². The van der Waals surface area contributed by atoms with Crippen LogP contribution in [0, 0.1) is 0 Å². The van der Waals surface area contributed by atoms with E-state index in [4.69, 9.17) is 18.5 Å². The molecule has 0 bridgehead atoms. The molecule has 0 aromatic heterocycles. The number of allylic oxidation sites excluding steroid dienone is 4. The number of likely N-dealkylation sites (N-methyl/N-ethyl adjacent to an activating group) is 1. The van der Waals surface area contributed by atoms with Gasteiger partial charge in [0.15, 0.2) is 6.10 Å². The van der Waals surface area contributed by atoms with Gasteiger partial charge in [0.25, 0.3) is 0 Å². The minimum absolute atomic E-state index is 0.0312. The third-order valence-corrected chi connectivity index (χ3v) is 10.2. The number of hydrogen-bond donors (Lipinski definition) is 1. The predicted molar refractivity (Wildman–Crippen MR) is 220 cm³/mol. The quantitative estimate of drug-likeness (QED) is 0.0216. The fourth-order valence-electron chi connectivity index (χ4n) is 5.79. The molecule has 312 valence electrons. The van der Waals surface area contributed by atoms with Crippen molar-refractivity contribution in [3.63, 3.8) is 0 Å². The van der Waals surface area contributed by atoms with Crippen molar-refractivity contribution in [1.82, 2.24) is 0 Å². The summed E-state index contributed by atoms with van der Waals surface area (Å²) in [6.45, 7) is 4.37. The van der Waals surface area contributed by atoms with Crippen molar-refractivity contribution >= 4 is 19.8 Å². The Balaban J connectivity index is 4.38. The first-order valence-electron chi connectivity index (χ1n) is 21.6. The summed E-state index contributed by atoms with van der Waals surface area (Å²) in [4.78, 5) is 35.3. The SMILES string of the molecule is CCCC/C=C/C/C=C/CCCCCCCC(=O)OC[C@H](COP(=O)(O)OCC[N+](C)(C)C)OC(=O)CCCCCCCCCCCCCCCCC. The fourth-order valence-corrected chi connectivity index (χ4v) is 6.54. The lowest BCUT2D eigenvalue weighted by Crippen LogP contribution is -2.37. The van der Waals surface area contributed by atoms with Gasteiger partial charge in [0.1, 0.15) is 19.8 Å². The molecule has 0 fully saturated rings. The van der Waals surface area contributed by atoms with E-state index in [0.29, 0.717) is 17.4 Å². The molecule has 1 N–H and O–H groups in total.